The molecular weight excluding hydrogens is 419 g/mol. The van der Waals surface area contributed by atoms with E-state index in [2.05, 4.69) is 0 Å². The van der Waals surface area contributed by atoms with Gasteiger partial charge in [-0.15, -0.1) is 0 Å². The van der Waals surface area contributed by atoms with Crippen LogP contribution in [0.5, 0.6) is 0 Å². The van der Waals surface area contributed by atoms with E-state index in [1.165, 1.54) is 0 Å². The number of nitrogens with two attached hydrogens (primary N) is 2. The zero-order valence-corrected chi connectivity index (χ0v) is 20.3. The number of hydrogen-bond donors (Lipinski definition) is 3. The van der Waals surface area contributed by atoms with Gasteiger partial charge in [-0.1, -0.05) is 27.7 Å². The number of carbonyl (C=O) groups excluding carboxylic acids is 1. The zero-order valence-electron chi connectivity index (χ0n) is 17.8. The minimum Gasteiger partial charge on any atom is -0.370 e. The van der Waals surface area contributed by atoms with Crippen molar-refractivity contribution >= 4 is 35.0 Å². The molecule has 0 fully saturated rings. The van der Waals surface area contributed by atoms with Gasteiger partial charge in [0.2, 0.25) is 5.91 Å². The molecule has 0 heterocycles. The summed E-state index contributed by atoms with van der Waals surface area (Å²) in [6.45, 7) is 7.75. The molecule has 0 rings (SSSR count). The maximum Gasteiger partial charge on any atom is 0.265 e. The first kappa shape index (κ1) is 27.9. The highest BCUT2D eigenvalue weighted by molar-refractivity contribution is 7.85. The average Bonchev–Trinajstić information content (AvgIpc) is 2.42. The van der Waals surface area contributed by atoms with Crippen molar-refractivity contribution in [3.05, 3.63) is 0 Å². The van der Waals surface area contributed by atoms with E-state index < -0.39 is 29.1 Å². The molecule has 0 saturated carbocycles. The maximum atomic E-state index is 12.1. The van der Waals surface area contributed by atoms with E-state index >= 15 is 0 Å². The molecule has 0 saturated heterocycles. The van der Waals surface area contributed by atoms with Crippen LogP contribution < -0.4 is 11.2 Å². The first-order chi connectivity index (χ1) is 12.6. The van der Waals surface area contributed by atoms with Gasteiger partial charge in [-0.25, -0.2) is 0 Å². The van der Waals surface area contributed by atoms with Crippen molar-refractivity contribution < 1.29 is 22.7 Å². The number of rotatable bonds is 16. The second kappa shape index (κ2) is 12.6. The predicted molar refractivity (Wildman–Crippen MR) is 119 cm³/mol. The Hall–Kier alpha value is -0.0800. The lowest BCUT2D eigenvalue weighted by Gasteiger charge is -2.25. The van der Waals surface area contributed by atoms with E-state index in [4.69, 9.17) is 11.2 Å². The molecule has 1 amide bonds. The Morgan fingerprint density at radius 3 is 1.68 bits per heavy atom. The molecule has 0 aliphatic carbocycles. The zero-order chi connectivity index (χ0) is 22.0. The maximum absolute atomic E-state index is 12.1. The molecule has 0 bridgehead atoms. The second-order valence-electron chi connectivity index (χ2n) is 9.14. The summed E-state index contributed by atoms with van der Waals surface area (Å²) in [5, 5.41) is 0. The van der Waals surface area contributed by atoms with Crippen LogP contribution in [0.4, 0.5) is 0 Å². The quantitative estimate of drug-likeness (QED) is 0.304. The van der Waals surface area contributed by atoms with E-state index in [0.717, 1.165) is 12.8 Å². The number of amides is 1. The highest BCUT2D eigenvalue weighted by atomic mass is 32.2. The van der Waals surface area contributed by atoms with Gasteiger partial charge in [-0.3, -0.25) is 23.3 Å². The molecule has 0 aromatic rings. The van der Waals surface area contributed by atoms with Crippen LogP contribution in [0.25, 0.3) is 0 Å². The molecule has 7 nitrogen and oxygen atoms in total. The van der Waals surface area contributed by atoms with Crippen LogP contribution in [-0.2, 0) is 31.0 Å². The molecule has 0 radical (unpaired) electrons. The lowest BCUT2D eigenvalue weighted by molar-refractivity contribution is -0.119. The van der Waals surface area contributed by atoms with Gasteiger partial charge in [0.05, 0.1) is 0 Å². The molecule has 28 heavy (non-hydrogen) atoms. The van der Waals surface area contributed by atoms with Crippen LogP contribution >= 0.6 is 7.52 Å². The summed E-state index contributed by atoms with van der Waals surface area (Å²) in [4.78, 5) is 20.3. The summed E-state index contributed by atoms with van der Waals surface area (Å²) < 4.78 is 35.5. The molecule has 168 valence electrons. The van der Waals surface area contributed by atoms with Gasteiger partial charge < -0.3 is 10.6 Å². The molecule has 0 aliphatic rings. The summed E-state index contributed by atoms with van der Waals surface area (Å²) in [7, 11) is -5.45. The fourth-order valence-corrected chi connectivity index (χ4v) is 7.10. The lowest BCUT2D eigenvalue weighted by Crippen LogP contribution is -2.23. The predicted octanol–water partition coefficient (Wildman–Crippen LogP) is 2.51. The number of hydrogen-bond acceptors (Lipinski definition) is 4. The molecule has 5 N–H and O–H groups in total. The van der Waals surface area contributed by atoms with E-state index in [9.17, 15) is 22.7 Å². The monoisotopic (exact) mass is 458 g/mol. The first-order valence-electron chi connectivity index (χ1n) is 9.71. The Labute approximate surface area is 175 Å². The Balaban J connectivity index is 3.93. The largest absolute Gasteiger partial charge is 0.370 e. The van der Waals surface area contributed by atoms with Crippen LogP contribution in [0.3, 0.4) is 0 Å². The highest BCUT2D eigenvalue weighted by Crippen LogP contribution is 2.40. The van der Waals surface area contributed by atoms with Crippen molar-refractivity contribution in [3.8, 4) is 0 Å². The molecular formula is C18H39N2O5PS2. The highest BCUT2D eigenvalue weighted by Gasteiger charge is 2.26. The van der Waals surface area contributed by atoms with Crippen molar-refractivity contribution in [2.75, 3.05) is 29.2 Å². The van der Waals surface area contributed by atoms with Crippen LogP contribution in [0.15, 0.2) is 0 Å². The van der Waals surface area contributed by atoms with E-state index in [-0.39, 0.29) is 22.9 Å². The third-order valence-corrected chi connectivity index (χ3v) is 8.79. The number of carbonyl (C=O) groups is 1. The Morgan fingerprint density at radius 2 is 1.29 bits per heavy atom. The minimum absolute atomic E-state index is 0.0574. The molecule has 3 atom stereocenters. The summed E-state index contributed by atoms with van der Waals surface area (Å²) in [5.41, 5.74) is 9.94. The van der Waals surface area contributed by atoms with Crippen molar-refractivity contribution in [3.63, 3.8) is 0 Å². The Kier molecular flexibility index (Phi) is 12.5. The second-order valence-corrected chi connectivity index (χ2v) is 14.4. The van der Waals surface area contributed by atoms with Gasteiger partial charge in [0.15, 0.2) is 0 Å². The molecule has 3 unspecified atom stereocenters. The third-order valence-electron chi connectivity index (χ3n) is 4.50. The fourth-order valence-electron chi connectivity index (χ4n) is 3.26. The molecule has 10 heteroatoms. The summed E-state index contributed by atoms with van der Waals surface area (Å²) in [6.07, 6.45) is 4.01. The van der Waals surface area contributed by atoms with Crippen LogP contribution in [0.1, 0.15) is 66.2 Å². The SMILES string of the molecule is CC(C)(CCCS(=O)CCCS(=O)CCCC(C)(C)CP(N)(=O)O)CC(N)=O. The van der Waals surface area contributed by atoms with Crippen molar-refractivity contribution in [2.45, 2.75) is 66.2 Å². The van der Waals surface area contributed by atoms with E-state index in [0.29, 0.717) is 48.7 Å². The smallest absolute Gasteiger partial charge is 0.265 e. The molecule has 0 spiro atoms. The standard InChI is InChI=1S/C18H39N2O5PS2/c1-17(2,14-16(19)21)8-5-10-27(24)12-7-13-28(25)11-6-9-18(3,4)15-26(20,22)23/h5-15H2,1-4H3,(H2,19,21)(H3,20,22,23). The van der Waals surface area contributed by atoms with Crippen molar-refractivity contribution in [1.29, 1.82) is 0 Å². The van der Waals surface area contributed by atoms with Gasteiger partial charge in [0.25, 0.3) is 7.52 Å². The van der Waals surface area contributed by atoms with Gasteiger partial charge in [-0.2, -0.15) is 0 Å². The summed E-state index contributed by atoms with van der Waals surface area (Å²) in [5.74, 6) is 1.87. The van der Waals surface area contributed by atoms with Gasteiger partial charge in [0.1, 0.15) is 0 Å². The Bertz CT molecular complexity index is 591. The van der Waals surface area contributed by atoms with Crippen LogP contribution in [-0.4, -0.2) is 48.4 Å². The van der Waals surface area contributed by atoms with E-state index in [1.807, 2.05) is 27.7 Å². The molecule has 0 aliphatic heterocycles. The third kappa shape index (κ3) is 16.8. The van der Waals surface area contributed by atoms with E-state index in [1.54, 1.807) is 0 Å². The molecule has 0 aromatic heterocycles. The van der Waals surface area contributed by atoms with Gasteiger partial charge in [0, 0.05) is 57.2 Å². The fraction of sp³-hybridized carbons (Fsp3) is 0.944. The number of primary amides is 1. The van der Waals surface area contributed by atoms with Gasteiger partial charge in [-0.05, 0) is 42.9 Å². The Morgan fingerprint density at radius 1 is 0.893 bits per heavy atom. The van der Waals surface area contributed by atoms with Crippen molar-refractivity contribution in [1.82, 2.24) is 0 Å². The molecule has 0 aromatic carbocycles. The minimum atomic E-state index is -3.54. The normalized spacial score (nSPS) is 17.1. The van der Waals surface area contributed by atoms with Crippen molar-refractivity contribution in [2.24, 2.45) is 22.1 Å². The summed E-state index contributed by atoms with van der Waals surface area (Å²) >= 11 is 0. The summed E-state index contributed by atoms with van der Waals surface area (Å²) in [6, 6.07) is 0. The average molecular weight is 459 g/mol. The topological polar surface area (TPSA) is 141 Å². The van der Waals surface area contributed by atoms with Crippen LogP contribution in [0, 0.1) is 10.8 Å². The van der Waals surface area contributed by atoms with Gasteiger partial charge >= 0.3 is 0 Å². The lowest BCUT2D eigenvalue weighted by atomic mass is 9.84. The first-order valence-corrected chi connectivity index (χ1v) is 14.6. The van der Waals surface area contributed by atoms with Crippen LogP contribution in [0.2, 0.25) is 0 Å².